The summed E-state index contributed by atoms with van der Waals surface area (Å²) in [5.74, 6) is 1.79. The van der Waals surface area contributed by atoms with Crippen molar-refractivity contribution in [3.05, 3.63) is 47.7 Å². The van der Waals surface area contributed by atoms with Gasteiger partial charge in [-0.2, -0.15) is 5.10 Å². The smallest absolute Gasteiger partial charge is 0.238 e. The fraction of sp³-hybridized carbons (Fsp3) is 0.375. The fourth-order valence-electron chi connectivity index (χ4n) is 1.81. The van der Waals surface area contributed by atoms with Gasteiger partial charge in [-0.25, -0.2) is 0 Å². The highest BCUT2D eigenvalue weighted by atomic mass is 16.5. The third-order valence-electron chi connectivity index (χ3n) is 3.00. The van der Waals surface area contributed by atoms with E-state index in [0.717, 1.165) is 24.5 Å². The quantitative estimate of drug-likeness (QED) is 0.873. The summed E-state index contributed by atoms with van der Waals surface area (Å²) in [5.41, 5.74) is 2.16. The van der Waals surface area contributed by atoms with E-state index in [1.807, 2.05) is 30.3 Å². The first-order chi connectivity index (χ1) is 9.69. The number of hydrogen-bond acceptors (Lipinski definition) is 4. The number of nitrogens with zero attached hydrogens (tertiary/aromatic N) is 2. The van der Waals surface area contributed by atoms with Gasteiger partial charge in [0.05, 0.1) is 5.69 Å². The lowest BCUT2D eigenvalue weighted by atomic mass is 10.0. The maximum atomic E-state index is 5.73. The lowest BCUT2D eigenvalue weighted by Crippen LogP contribution is -2.13. The molecule has 1 N–H and O–H groups in total. The van der Waals surface area contributed by atoms with E-state index in [0.29, 0.717) is 11.8 Å². The van der Waals surface area contributed by atoms with Gasteiger partial charge in [0.25, 0.3) is 0 Å². The van der Waals surface area contributed by atoms with Crippen molar-refractivity contribution in [2.24, 2.45) is 0 Å². The molecule has 0 aliphatic heterocycles. The van der Waals surface area contributed by atoms with Gasteiger partial charge < -0.3 is 10.1 Å². The van der Waals surface area contributed by atoms with Crippen LogP contribution in [0.15, 0.2) is 36.4 Å². The molecule has 106 valence electrons. The summed E-state index contributed by atoms with van der Waals surface area (Å²) in [4.78, 5) is 0. The molecule has 2 aromatic rings. The standard InChI is InChI=1S/C16H21N3O/c1-4-17-11-14-8-9-16(19-18-14)20-15-7-5-6-13(10-15)12(2)3/h5-10,12,17H,4,11H2,1-3H3. The van der Waals surface area contributed by atoms with Crippen molar-refractivity contribution in [2.75, 3.05) is 6.54 Å². The van der Waals surface area contributed by atoms with Crippen LogP contribution in [0, 0.1) is 0 Å². The highest BCUT2D eigenvalue weighted by molar-refractivity contribution is 5.32. The van der Waals surface area contributed by atoms with Gasteiger partial charge in [-0.3, -0.25) is 0 Å². The van der Waals surface area contributed by atoms with Crippen molar-refractivity contribution in [3.8, 4) is 11.6 Å². The molecule has 20 heavy (non-hydrogen) atoms. The molecule has 2 rings (SSSR count). The zero-order valence-corrected chi connectivity index (χ0v) is 12.3. The van der Waals surface area contributed by atoms with E-state index in [1.54, 1.807) is 0 Å². The molecule has 0 bridgehead atoms. The second kappa shape index (κ2) is 7.01. The highest BCUT2D eigenvalue weighted by Gasteiger charge is 2.04. The summed E-state index contributed by atoms with van der Waals surface area (Å²) in [7, 11) is 0. The maximum Gasteiger partial charge on any atom is 0.238 e. The molecule has 1 aromatic carbocycles. The van der Waals surface area contributed by atoms with E-state index in [1.165, 1.54) is 5.56 Å². The molecule has 0 unspecified atom stereocenters. The van der Waals surface area contributed by atoms with Crippen LogP contribution in [0.4, 0.5) is 0 Å². The van der Waals surface area contributed by atoms with Crippen LogP contribution in [-0.2, 0) is 6.54 Å². The maximum absolute atomic E-state index is 5.73. The molecule has 0 aliphatic rings. The van der Waals surface area contributed by atoms with Gasteiger partial charge in [0.2, 0.25) is 5.88 Å². The monoisotopic (exact) mass is 271 g/mol. The Labute approximate surface area is 120 Å². The SMILES string of the molecule is CCNCc1ccc(Oc2cccc(C(C)C)c2)nn1. The Morgan fingerprint density at radius 1 is 1.15 bits per heavy atom. The third-order valence-corrected chi connectivity index (χ3v) is 3.00. The van der Waals surface area contributed by atoms with Crippen molar-refractivity contribution in [2.45, 2.75) is 33.2 Å². The van der Waals surface area contributed by atoms with E-state index in [2.05, 4.69) is 42.4 Å². The molecule has 0 saturated carbocycles. The molecule has 0 fully saturated rings. The number of benzene rings is 1. The van der Waals surface area contributed by atoms with Crippen LogP contribution in [0.25, 0.3) is 0 Å². The molecule has 0 radical (unpaired) electrons. The second-order valence-corrected chi connectivity index (χ2v) is 4.97. The first-order valence-corrected chi connectivity index (χ1v) is 7.00. The molecule has 4 heteroatoms. The van der Waals surface area contributed by atoms with Crippen LogP contribution < -0.4 is 10.1 Å². The number of aromatic nitrogens is 2. The normalized spacial score (nSPS) is 10.8. The van der Waals surface area contributed by atoms with Crippen molar-refractivity contribution in [1.29, 1.82) is 0 Å². The molecule has 1 heterocycles. The first-order valence-electron chi connectivity index (χ1n) is 7.00. The average Bonchev–Trinajstić information content (AvgIpc) is 2.47. The van der Waals surface area contributed by atoms with E-state index >= 15 is 0 Å². The molecule has 0 saturated heterocycles. The van der Waals surface area contributed by atoms with Crippen molar-refractivity contribution >= 4 is 0 Å². The Morgan fingerprint density at radius 2 is 2.00 bits per heavy atom. The molecule has 4 nitrogen and oxygen atoms in total. The number of hydrogen-bond donors (Lipinski definition) is 1. The van der Waals surface area contributed by atoms with Gasteiger partial charge in [0, 0.05) is 12.6 Å². The zero-order valence-electron chi connectivity index (χ0n) is 12.3. The average molecular weight is 271 g/mol. The summed E-state index contributed by atoms with van der Waals surface area (Å²) in [5, 5.41) is 11.4. The molecular formula is C16H21N3O. The Morgan fingerprint density at radius 3 is 2.65 bits per heavy atom. The van der Waals surface area contributed by atoms with Crippen molar-refractivity contribution < 1.29 is 4.74 Å². The number of ether oxygens (including phenoxy) is 1. The predicted molar refractivity (Wildman–Crippen MR) is 80.0 cm³/mol. The van der Waals surface area contributed by atoms with Crippen LogP contribution in [-0.4, -0.2) is 16.7 Å². The summed E-state index contributed by atoms with van der Waals surface area (Å²) < 4.78 is 5.73. The predicted octanol–water partition coefficient (Wildman–Crippen LogP) is 3.50. The van der Waals surface area contributed by atoms with Crippen molar-refractivity contribution in [3.63, 3.8) is 0 Å². The minimum atomic E-state index is 0.479. The van der Waals surface area contributed by atoms with Crippen LogP contribution in [0.5, 0.6) is 11.6 Å². The van der Waals surface area contributed by atoms with Gasteiger partial charge in [-0.15, -0.1) is 5.10 Å². The molecule has 0 atom stereocenters. The Bertz CT molecular complexity index is 538. The zero-order chi connectivity index (χ0) is 14.4. The van der Waals surface area contributed by atoms with E-state index < -0.39 is 0 Å². The molecule has 1 aromatic heterocycles. The minimum Gasteiger partial charge on any atom is -0.438 e. The van der Waals surface area contributed by atoms with Crippen LogP contribution >= 0.6 is 0 Å². The van der Waals surface area contributed by atoms with Gasteiger partial charge in [0.15, 0.2) is 0 Å². The minimum absolute atomic E-state index is 0.479. The first kappa shape index (κ1) is 14.5. The lowest BCUT2D eigenvalue weighted by Gasteiger charge is -2.09. The summed E-state index contributed by atoms with van der Waals surface area (Å²) in [6.45, 7) is 8.03. The molecule has 0 amide bonds. The van der Waals surface area contributed by atoms with Crippen LogP contribution in [0.1, 0.15) is 37.9 Å². The third kappa shape index (κ3) is 4.03. The lowest BCUT2D eigenvalue weighted by molar-refractivity contribution is 0.452. The largest absolute Gasteiger partial charge is 0.438 e. The van der Waals surface area contributed by atoms with Crippen molar-refractivity contribution in [1.82, 2.24) is 15.5 Å². The Kier molecular flexibility index (Phi) is 5.07. The topological polar surface area (TPSA) is 47.0 Å². The summed E-state index contributed by atoms with van der Waals surface area (Å²) in [6.07, 6.45) is 0. The Balaban J connectivity index is 2.04. The highest BCUT2D eigenvalue weighted by Crippen LogP contribution is 2.23. The summed E-state index contributed by atoms with van der Waals surface area (Å²) in [6, 6.07) is 11.8. The number of rotatable bonds is 6. The summed E-state index contributed by atoms with van der Waals surface area (Å²) >= 11 is 0. The van der Waals surface area contributed by atoms with E-state index in [-0.39, 0.29) is 0 Å². The molecule has 0 spiro atoms. The van der Waals surface area contributed by atoms with Gasteiger partial charge in [-0.1, -0.05) is 32.9 Å². The van der Waals surface area contributed by atoms with E-state index in [4.69, 9.17) is 4.74 Å². The fourth-order valence-corrected chi connectivity index (χ4v) is 1.81. The van der Waals surface area contributed by atoms with Gasteiger partial charge in [0.1, 0.15) is 5.75 Å². The van der Waals surface area contributed by atoms with Gasteiger partial charge in [-0.05, 0) is 36.2 Å². The second-order valence-electron chi connectivity index (χ2n) is 4.97. The molecule has 0 aliphatic carbocycles. The van der Waals surface area contributed by atoms with Crippen LogP contribution in [0.2, 0.25) is 0 Å². The van der Waals surface area contributed by atoms with Crippen LogP contribution in [0.3, 0.4) is 0 Å². The number of nitrogens with one attached hydrogen (secondary N) is 1. The molecular weight excluding hydrogens is 250 g/mol. The Hall–Kier alpha value is -1.94. The van der Waals surface area contributed by atoms with E-state index in [9.17, 15) is 0 Å². The van der Waals surface area contributed by atoms with Gasteiger partial charge >= 0.3 is 0 Å².